The van der Waals surface area contributed by atoms with Crippen LogP contribution in [0, 0.1) is 5.92 Å². The summed E-state index contributed by atoms with van der Waals surface area (Å²) in [7, 11) is 0. The molecule has 0 spiro atoms. The van der Waals surface area contributed by atoms with Gasteiger partial charge in [-0.05, 0) is 6.92 Å². The zero-order valence-electron chi connectivity index (χ0n) is 5.07. The van der Waals surface area contributed by atoms with E-state index in [4.69, 9.17) is 5.21 Å². The third kappa shape index (κ3) is 2.22. The van der Waals surface area contributed by atoms with Crippen molar-refractivity contribution in [2.45, 2.75) is 13.1 Å². The van der Waals surface area contributed by atoms with Gasteiger partial charge in [0.25, 0.3) is 5.91 Å². The summed E-state index contributed by atoms with van der Waals surface area (Å²) < 4.78 is 34.5. The fourth-order valence-corrected chi connectivity index (χ4v) is 0.245. The topological polar surface area (TPSA) is 49.3 Å². The number of alkyl halides is 3. The molecule has 0 saturated heterocycles. The molecule has 0 aliphatic heterocycles. The molecule has 0 rings (SSSR count). The summed E-state index contributed by atoms with van der Waals surface area (Å²) in [4.78, 5) is 10.1. The highest BCUT2D eigenvalue weighted by molar-refractivity contribution is 5.77. The number of hydrogen-bond donors (Lipinski definition) is 2. The van der Waals surface area contributed by atoms with E-state index in [1.165, 1.54) is 0 Å². The second-order valence-corrected chi connectivity index (χ2v) is 1.74. The third-order valence-electron chi connectivity index (χ3n) is 0.994. The van der Waals surface area contributed by atoms with Gasteiger partial charge in [0, 0.05) is 0 Å². The first-order valence-electron chi connectivity index (χ1n) is 2.40. The first-order chi connectivity index (χ1) is 4.39. The molecule has 0 radical (unpaired) electrons. The van der Waals surface area contributed by atoms with Crippen LogP contribution in [0.5, 0.6) is 0 Å². The third-order valence-corrected chi connectivity index (χ3v) is 0.994. The number of rotatable bonds is 1. The fourth-order valence-electron chi connectivity index (χ4n) is 0.245. The van der Waals surface area contributed by atoms with Crippen LogP contribution in [0.15, 0.2) is 0 Å². The van der Waals surface area contributed by atoms with Crippen LogP contribution >= 0.6 is 0 Å². The van der Waals surface area contributed by atoms with E-state index in [9.17, 15) is 18.0 Å². The van der Waals surface area contributed by atoms with Gasteiger partial charge in [-0.3, -0.25) is 10.0 Å². The standard InChI is InChI=1S/C4H6F3NO2/c1-2(3(9)8-10)4(5,6)7/h2,10H,1H3,(H,8,9). The van der Waals surface area contributed by atoms with Crippen LogP contribution in [0.25, 0.3) is 0 Å². The zero-order valence-corrected chi connectivity index (χ0v) is 5.07. The molecule has 0 aromatic rings. The molecule has 1 atom stereocenters. The van der Waals surface area contributed by atoms with Gasteiger partial charge in [0.05, 0.1) is 0 Å². The van der Waals surface area contributed by atoms with Crippen LogP contribution in [0.4, 0.5) is 13.2 Å². The van der Waals surface area contributed by atoms with Gasteiger partial charge >= 0.3 is 6.18 Å². The number of carbonyl (C=O) groups excluding carboxylic acids is 1. The maximum atomic E-state index is 11.5. The smallest absolute Gasteiger partial charge is 0.289 e. The van der Waals surface area contributed by atoms with Crippen LogP contribution in [0.1, 0.15) is 6.92 Å². The predicted octanol–water partition coefficient (Wildman–Crippen LogP) is 0.690. The van der Waals surface area contributed by atoms with E-state index >= 15 is 0 Å². The minimum Gasteiger partial charge on any atom is -0.289 e. The highest BCUT2D eigenvalue weighted by Gasteiger charge is 2.40. The summed E-state index contributed by atoms with van der Waals surface area (Å²) in [5.41, 5.74) is 0.912. The van der Waals surface area contributed by atoms with Gasteiger partial charge in [-0.25, -0.2) is 5.48 Å². The molecule has 0 aromatic heterocycles. The largest absolute Gasteiger partial charge is 0.400 e. The molecule has 0 aliphatic rings. The van der Waals surface area contributed by atoms with Gasteiger partial charge in [-0.15, -0.1) is 0 Å². The molecule has 0 bridgehead atoms. The summed E-state index contributed by atoms with van der Waals surface area (Å²) in [6.45, 7) is 0.658. The van der Waals surface area contributed by atoms with Crippen molar-refractivity contribution in [2.24, 2.45) is 5.92 Å². The van der Waals surface area contributed by atoms with E-state index in [0.29, 0.717) is 6.92 Å². The lowest BCUT2D eigenvalue weighted by Crippen LogP contribution is -2.35. The molecular weight excluding hydrogens is 151 g/mol. The van der Waals surface area contributed by atoms with Crippen molar-refractivity contribution in [1.29, 1.82) is 0 Å². The number of amides is 1. The second kappa shape index (κ2) is 2.87. The number of halogens is 3. The Balaban J connectivity index is 4.08. The van der Waals surface area contributed by atoms with E-state index < -0.39 is 18.0 Å². The molecule has 1 amide bonds. The van der Waals surface area contributed by atoms with Crippen molar-refractivity contribution in [1.82, 2.24) is 5.48 Å². The number of hydrogen-bond acceptors (Lipinski definition) is 2. The molecule has 10 heavy (non-hydrogen) atoms. The molecule has 0 aliphatic carbocycles. The minimum atomic E-state index is -4.59. The second-order valence-electron chi connectivity index (χ2n) is 1.74. The zero-order chi connectivity index (χ0) is 8.36. The lowest BCUT2D eigenvalue weighted by molar-refractivity contribution is -0.183. The minimum absolute atomic E-state index is 0.658. The van der Waals surface area contributed by atoms with Gasteiger partial charge in [-0.2, -0.15) is 13.2 Å². The summed E-state index contributed by atoms with van der Waals surface area (Å²) in [6, 6.07) is 0. The van der Waals surface area contributed by atoms with Gasteiger partial charge in [-0.1, -0.05) is 0 Å². The predicted molar refractivity (Wildman–Crippen MR) is 25.1 cm³/mol. The average molecular weight is 157 g/mol. The van der Waals surface area contributed by atoms with E-state index in [2.05, 4.69) is 0 Å². The SMILES string of the molecule is CC(C(=O)NO)C(F)(F)F. The molecular formula is C4H6F3NO2. The van der Waals surface area contributed by atoms with Crippen LogP contribution in [-0.2, 0) is 4.79 Å². The first-order valence-corrected chi connectivity index (χ1v) is 2.40. The van der Waals surface area contributed by atoms with E-state index in [-0.39, 0.29) is 0 Å². The normalized spacial score (nSPS) is 14.5. The highest BCUT2D eigenvalue weighted by atomic mass is 19.4. The quantitative estimate of drug-likeness (QED) is 0.434. The Hall–Kier alpha value is -0.780. The Kier molecular flexibility index (Phi) is 2.65. The Bertz CT molecular complexity index is 133. The molecule has 2 N–H and O–H groups in total. The maximum absolute atomic E-state index is 11.5. The van der Waals surface area contributed by atoms with Crippen molar-refractivity contribution in [3.63, 3.8) is 0 Å². The number of carbonyl (C=O) groups is 1. The molecule has 0 saturated carbocycles. The van der Waals surface area contributed by atoms with Crippen molar-refractivity contribution < 1.29 is 23.2 Å². The Morgan fingerprint density at radius 3 is 2.10 bits per heavy atom. The summed E-state index contributed by atoms with van der Waals surface area (Å²) in [5, 5.41) is 7.77. The van der Waals surface area contributed by atoms with Gasteiger partial charge < -0.3 is 0 Å². The first kappa shape index (κ1) is 9.22. The number of nitrogens with one attached hydrogen (secondary N) is 1. The summed E-state index contributed by atoms with van der Waals surface area (Å²) in [5.74, 6) is -3.62. The van der Waals surface area contributed by atoms with E-state index in [0.717, 1.165) is 5.48 Å². The van der Waals surface area contributed by atoms with Gasteiger partial charge in [0.2, 0.25) is 0 Å². The van der Waals surface area contributed by atoms with Gasteiger partial charge in [0.1, 0.15) is 5.92 Å². The molecule has 0 heterocycles. The van der Waals surface area contributed by atoms with E-state index in [1.54, 1.807) is 0 Å². The average Bonchev–Trinajstić information content (AvgIpc) is 1.83. The summed E-state index contributed by atoms with van der Waals surface area (Å²) >= 11 is 0. The highest BCUT2D eigenvalue weighted by Crippen LogP contribution is 2.25. The van der Waals surface area contributed by atoms with Crippen molar-refractivity contribution in [2.75, 3.05) is 0 Å². The van der Waals surface area contributed by atoms with Crippen molar-refractivity contribution >= 4 is 5.91 Å². The maximum Gasteiger partial charge on any atom is 0.400 e. The van der Waals surface area contributed by atoms with Crippen LogP contribution < -0.4 is 5.48 Å². The van der Waals surface area contributed by atoms with Crippen LogP contribution in [0.2, 0.25) is 0 Å². The molecule has 60 valence electrons. The molecule has 0 fully saturated rings. The van der Waals surface area contributed by atoms with Crippen molar-refractivity contribution in [3.05, 3.63) is 0 Å². The van der Waals surface area contributed by atoms with Crippen LogP contribution in [-0.4, -0.2) is 17.3 Å². The van der Waals surface area contributed by atoms with Crippen LogP contribution in [0.3, 0.4) is 0 Å². The molecule has 0 aromatic carbocycles. The Labute approximate surface area is 54.8 Å². The van der Waals surface area contributed by atoms with E-state index in [1.807, 2.05) is 0 Å². The number of hydroxylamine groups is 1. The lowest BCUT2D eigenvalue weighted by atomic mass is 10.2. The molecule has 6 heteroatoms. The van der Waals surface area contributed by atoms with Crippen molar-refractivity contribution in [3.8, 4) is 0 Å². The molecule has 3 nitrogen and oxygen atoms in total. The van der Waals surface area contributed by atoms with Gasteiger partial charge in [0.15, 0.2) is 0 Å². The summed E-state index contributed by atoms with van der Waals surface area (Å²) in [6.07, 6.45) is -4.59. The monoisotopic (exact) mass is 157 g/mol. The lowest BCUT2D eigenvalue weighted by Gasteiger charge is -2.12. The Morgan fingerprint density at radius 2 is 2.00 bits per heavy atom. The molecule has 1 unspecified atom stereocenters. The fraction of sp³-hybridized carbons (Fsp3) is 0.750. The Morgan fingerprint density at radius 1 is 1.60 bits per heavy atom.